The molecule has 0 fully saturated rings. The van der Waals surface area contributed by atoms with Gasteiger partial charge in [0, 0.05) is 32.8 Å². The smallest absolute Gasteiger partial charge is 0.228 e. The van der Waals surface area contributed by atoms with Crippen LogP contribution >= 0.6 is 24.7 Å². The predicted octanol–water partition coefficient (Wildman–Crippen LogP) is 5.26. The maximum Gasteiger partial charge on any atom is 0.228 e. The number of rotatable bonds is 4. The quantitative estimate of drug-likeness (QED) is 0.345. The Kier molecular flexibility index (Phi) is 4.30. The van der Waals surface area contributed by atoms with Crippen LogP contribution in [0.15, 0.2) is 63.9 Å². The molecule has 0 saturated carbocycles. The number of benzene rings is 1. The summed E-state index contributed by atoms with van der Waals surface area (Å²) in [5.41, 5.74) is 2.90. The number of aromatic nitrogens is 5. The molecule has 0 radical (unpaired) electrons. The first kappa shape index (κ1) is 17.3. The maximum atomic E-state index is 6.10. The molecule has 0 spiro atoms. The Morgan fingerprint density at radius 2 is 1.93 bits per heavy atom. The largest absolute Gasteiger partial charge is 0.456 e. The number of oxazole rings is 1. The Hall–Kier alpha value is -2.83. The van der Waals surface area contributed by atoms with Crippen molar-refractivity contribution in [1.29, 1.82) is 0 Å². The molecule has 9 heteroatoms. The zero-order valence-corrected chi connectivity index (χ0v) is 17.2. The van der Waals surface area contributed by atoms with E-state index in [0.717, 1.165) is 21.2 Å². The second-order valence-electron chi connectivity index (χ2n) is 5.90. The lowest BCUT2D eigenvalue weighted by atomic mass is 10.2. The van der Waals surface area contributed by atoms with E-state index in [-0.39, 0.29) is 0 Å². The SMILES string of the molecule is CPn1nc(Br)c2c(Oc3ccc(-c4nc5ncccc5o4)cc3)ccnc21. The highest BCUT2D eigenvalue weighted by atomic mass is 79.9. The van der Waals surface area contributed by atoms with E-state index in [2.05, 4.69) is 42.6 Å². The molecule has 4 heterocycles. The molecule has 7 nitrogen and oxygen atoms in total. The highest BCUT2D eigenvalue weighted by Gasteiger charge is 2.15. The highest BCUT2D eigenvalue weighted by molar-refractivity contribution is 9.10. The van der Waals surface area contributed by atoms with Gasteiger partial charge in [0.2, 0.25) is 5.89 Å². The van der Waals surface area contributed by atoms with Crippen molar-refractivity contribution in [3.05, 3.63) is 59.5 Å². The van der Waals surface area contributed by atoms with E-state index in [1.54, 1.807) is 12.4 Å². The van der Waals surface area contributed by atoms with Crippen LogP contribution in [0.2, 0.25) is 0 Å². The summed E-state index contributed by atoms with van der Waals surface area (Å²) < 4.78 is 14.4. The van der Waals surface area contributed by atoms with E-state index >= 15 is 0 Å². The van der Waals surface area contributed by atoms with Gasteiger partial charge in [-0.25, -0.2) is 14.4 Å². The predicted molar refractivity (Wildman–Crippen MR) is 112 cm³/mol. The second-order valence-corrected chi connectivity index (χ2v) is 7.53. The third-order valence-corrected chi connectivity index (χ3v) is 5.48. The van der Waals surface area contributed by atoms with E-state index in [9.17, 15) is 0 Å². The molecule has 1 aromatic carbocycles. The topological polar surface area (TPSA) is 78.9 Å². The fourth-order valence-corrected chi connectivity index (χ4v) is 4.16. The maximum absolute atomic E-state index is 6.10. The van der Waals surface area contributed by atoms with Crippen LogP contribution in [0, 0.1) is 0 Å². The lowest BCUT2D eigenvalue weighted by Crippen LogP contribution is -1.89. The first-order valence-corrected chi connectivity index (χ1v) is 10.7. The van der Waals surface area contributed by atoms with Crippen molar-refractivity contribution in [2.75, 3.05) is 6.66 Å². The molecular formula is C19H13BrN5O2P. The van der Waals surface area contributed by atoms with Crippen molar-refractivity contribution < 1.29 is 9.15 Å². The van der Waals surface area contributed by atoms with E-state index in [1.807, 2.05) is 46.9 Å². The van der Waals surface area contributed by atoms with Crippen LogP contribution in [0.3, 0.4) is 0 Å². The van der Waals surface area contributed by atoms with Gasteiger partial charge >= 0.3 is 0 Å². The summed E-state index contributed by atoms with van der Waals surface area (Å²) in [5, 5.41) is 5.31. The molecule has 0 bridgehead atoms. The van der Waals surface area contributed by atoms with Gasteiger partial charge in [0.15, 0.2) is 16.9 Å². The fourth-order valence-electron chi connectivity index (χ4n) is 2.90. The number of nitrogens with zero attached hydrogens (tertiary/aromatic N) is 5. The number of halogens is 1. The molecular weight excluding hydrogens is 441 g/mol. The molecule has 0 N–H and O–H groups in total. The minimum Gasteiger partial charge on any atom is -0.456 e. The molecule has 1 atom stereocenters. The molecule has 0 aliphatic rings. The van der Waals surface area contributed by atoms with Crippen LogP contribution in [0.25, 0.3) is 33.7 Å². The van der Waals surface area contributed by atoms with Gasteiger partial charge in [-0.2, -0.15) is 10.1 Å². The molecule has 1 unspecified atom stereocenters. The molecule has 0 saturated heterocycles. The Morgan fingerprint density at radius 1 is 1.07 bits per heavy atom. The summed E-state index contributed by atoms with van der Waals surface area (Å²) >= 11 is 3.51. The Balaban J connectivity index is 1.47. The second kappa shape index (κ2) is 6.96. The molecule has 28 heavy (non-hydrogen) atoms. The lowest BCUT2D eigenvalue weighted by molar-refractivity contribution is 0.487. The van der Waals surface area contributed by atoms with Crippen LogP contribution < -0.4 is 4.74 Å². The number of fused-ring (bicyclic) bond motifs is 2. The molecule has 0 aliphatic heterocycles. The van der Waals surface area contributed by atoms with E-state index in [1.165, 1.54) is 0 Å². The Bertz CT molecular complexity index is 1270. The average molecular weight is 454 g/mol. The third kappa shape index (κ3) is 2.95. The van der Waals surface area contributed by atoms with E-state index in [0.29, 0.717) is 37.4 Å². The van der Waals surface area contributed by atoms with E-state index < -0.39 is 0 Å². The molecule has 0 amide bonds. The van der Waals surface area contributed by atoms with Gasteiger partial charge in [0.1, 0.15) is 16.1 Å². The summed E-state index contributed by atoms with van der Waals surface area (Å²) in [5.74, 6) is 1.92. The summed E-state index contributed by atoms with van der Waals surface area (Å²) in [7, 11) is 0.482. The van der Waals surface area contributed by atoms with Crippen molar-refractivity contribution in [2.45, 2.75) is 0 Å². The normalized spacial score (nSPS) is 11.8. The van der Waals surface area contributed by atoms with Crippen LogP contribution in [-0.2, 0) is 0 Å². The number of ether oxygens (including phenoxy) is 1. The highest BCUT2D eigenvalue weighted by Crippen LogP contribution is 2.36. The van der Waals surface area contributed by atoms with Gasteiger partial charge < -0.3 is 9.15 Å². The molecule has 5 rings (SSSR count). The number of hydrogen-bond donors (Lipinski definition) is 0. The zero-order valence-electron chi connectivity index (χ0n) is 14.6. The molecule has 138 valence electrons. The van der Waals surface area contributed by atoms with Gasteiger partial charge in [-0.3, -0.25) is 0 Å². The van der Waals surface area contributed by atoms with Gasteiger partial charge in [-0.1, -0.05) is 0 Å². The Morgan fingerprint density at radius 3 is 2.71 bits per heavy atom. The van der Waals surface area contributed by atoms with Crippen LogP contribution in [-0.4, -0.2) is 31.2 Å². The van der Waals surface area contributed by atoms with Gasteiger partial charge in [0.05, 0.1) is 5.39 Å². The minimum atomic E-state index is 0.482. The van der Waals surface area contributed by atoms with Crippen LogP contribution in [0.5, 0.6) is 11.5 Å². The summed E-state index contributed by atoms with van der Waals surface area (Å²) in [6, 6.07) is 13.1. The van der Waals surface area contributed by atoms with Gasteiger partial charge in [0.25, 0.3) is 0 Å². The van der Waals surface area contributed by atoms with E-state index in [4.69, 9.17) is 9.15 Å². The van der Waals surface area contributed by atoms with Gasteiger partial charge in [-0.05, 0) is 59.0 Å². The lowest BCUT2D eigenvalue weighted by Gasteiger charge is -2.07. The minimum absolute atomic E-state index is 0.482. The first-order valence-electron chi connectivity index (χ1n) is 8.44. The van der Waals surface area contributed by atoms with Gasteiger partial charge in [-0.15, -0.1) is 0 Å². The number of hydrogen-bond acceptors (Lipinski definition) is 6. The standard InChI is InChI=1S/C19H13BrN5O2P/c1-28-25-18-15(16(20)24-25)13(8-10-22-18)26-12-6-4-11(5-7-12)19-23-17-14(27-19)3-2-9-21-17/h2-10,28H,1H3. The average Bonchev–Trinajstić information content (AvgIpc) is 3.30. The molecule has 0 aliphatic carbocycles. The number of pyridine rings is 2. The Labute approximate surface area is 169 Å². The molecule has 5 aromatic rings. The van der Waals surface area contributed by atoms with Crippen LogP contribution in [0.1, 0.15) is 0 Å². The summed E-state index contributed by atoms with van der Waals surface area (Å²) in [6.45, 7) is 2.05. The van der Waals surface area contributed by atoms with Crippen LogP contribution in [0.4, 0.5) is 0 Å². The van der Waals surface area contributed by atoms with Crippen molar-refractivity contribution >= 4 is 46.9 Å². The van der Waals surface area contributed by atoms with Crippen molar-refractivity contribution in [2.24, 2.45) is 0 Å². The summed E-state index contributed by atoms with van der Waals surface area (Å²) in [4.78, 5) is 13.0. The molecule has 4 aromatic heterocycles. The van der Waals surface area contributed by atoms with Crippen molar-refractivity contribution in [3.8, 4) is 23.0 Å². The first-order chi connectivity index (χ1) is 13.7. The summed E-state index contributed by atoms with van der Waals surface area (Å²) in [6.07, 6.45) is 3.42. The van der Waals surface area contributed by atoms with Crippen molar-refractivity contribution in [3.63, 3.8) is 0 Å². The van der Waals surface area contributed by atoms with Crippen molar-refractivity contribution in [1.82, 2.24) is 24.5 Å². The monoisotopic (exact) mass is 453 g/mol. The fraction of sp³-hybridized carbons (Fsp3) is 0.0526. The third-order valence-electron chi connectivity index (χ3n) is 4.19. The zero-order chi connectivity index (χ0) is 19.1.